The van der Waals surface area contributed by atoms with E-state index >= 15 is 0 Å². The number of rotatable bonds is 7. The molecule has 21 heavy (non-hydrogen) atoms. The van der Waals surface area contributed by atoms with Gasteiger partial charge >= 0.3 is 0 Å². The van der Waals surface area contributed by atoms with Crippen LogP contribution in [0.5, 0.6) is 17.2 Å². The SMILES string of the molecule is COc1cc(OC)c(OC)cc1CNCc1ccncn1. The largest absolute Gasteiger partial charge is 0.496 e. The average molecular weight is 289 g/mol. The molecule has 112 valence electrons. The van der Waals surface area contributed by atoms with E-state index in [1.165, 1.54) is 6.33 Å². The molecule has 0 radical (unpaired) electrons. The highest BCUT2D eigenvalue weighted by molar-refractivity contribution is 5.50. The average Bonchev–Trinajstić information content (AvgIpc) is 2.55. The van der Waals surface area contributed by atoms with Crippen LogP contribution < -0.4 is 19.5 Å². The summed E-state index contributed by atoms with van der Waals surface area (Å²) >= 11 is 0. The third-order valence-corrected chi connectivity index (χ3v) is 3.05. The van der Waals surface area contributed by atoms with Gasteiger partial charge in [0.2, 0.25) is 0 Å². The number of hydrogen-bond donors (Lipinski definition) is 1. The van der Waals surface area contributed by atoms with Gasteiger partial charge < -0.3 is 19.5 Å². The summed E-state index contributed by atoms with van der Waals surface area (Å²) in [5, 5.41) is 3.31. The van der Waals surface area contributed by atoms with Crippen molar-refractivity contribution in [3.05, 3.63) is 42.0 Å². The first-order valence-corrected chi connectivity index (χ1v) is 6.53. The Hall–Kier alpha value is -2.34. The van der Waals surface area contributed by atoms with Crippen LogP contribution in [-0.4, -0.2) is 31.3 Å². The van der Waals surface area contributed by atoms with Crippen molar-refractivity contribution in [1.82, 2.24) is 15.3 Å². The molecule has 1 aromatic heterocycles. The van der Waals surface area contributed by atoms with Crippen molar-refractivity contribution in [2.24, 2.45) is 0 Å². The Morgan fingerprint density at radius 1 is 0.952 bits per heavy atom. The predicted molar refractivity (Wildman–Crippen MR) is 78.7 cm³/mol. The molecule has 1 heterocycles. The highest BCUT2D eigenvalue weighted by Gasteiger charge is 2.11. The van der Waals surface area contributed by atoms with E-state index in [1.807, 2.05) is 18.2 Å². The zero-order valence-electron chi connectivity index (χ0n) is 12.4. The molecular weight excluding hydrogens is 270 g/mol. The van der Waals surface area contributed by atoms with Gasteiger partial charge in [-0.1, -0.05) is 0 Å². The lowest BCUT2D eigenvalue weighted by Crippen LogP contribution is -2.14. The number of ether oxygens (including phenoxy) is 3. The van der Waals surface area contributed by atoms with Crippen LogP contribution in [0.2, 0.25) is 0 Å². The molecule has 2 aromatic rings. The second-order valence-corrected chi connectivity index (χ2v) is 4.32. The number of nitrogens with zero attached hydrogens (tertiary/aromatic N) is 2. The van der Waals surface area contributed by atoms with E-state index in [0.29, 0.717) is 24.6 Å². The maximum absolute atomic E-state index is 5.39. The highest BCUT2D eigenvalue weighted by Crippen LogP contribution is 2.34. The number of methoxy groups -OCH3 is 3. The normalized spacial score (nSPS) is 10.2. The molecule has 0 aliphatic heterocycles. The first-order chi connectivity index (χ1) is 10.3. The van der Waals surface area contributed by atoms with Crippen LogP contribution in [0, 0.1) is 0 Å². The quantitative estimate of drug-likeness (QED) is 0.838. The molecule has 0 fully saturated rings. The van der Waals surface area contributed by atoms with E-state index in [9.17, 15) is 0 Å². The monoisotopic (exact) mass is 289 g/mol. The van der Waals surface area contributed by atoms with Gasteiger partial charge in [0.05, 0.1) is 27.0 Å². The van der Waals surface area contributed by atoms with Crippen molar-refractivity contribution in [3.8, 4) is 17.2 Å². The van der Waals surface area contributed by atoms with Gasteiger partial charge in [-0.2, -0.15) is 0 Å². The van der Waals surface area contributed by atoms with E-state index < -0.39 is 0 Å². The van der Waals surface area contributed by atoms with Crippen molar-refractivity contribution in [2.45, 2.75) is 13.1 Å². The van der Waals surface area contributed by atoms with Crippen molar-refractivity contribution in [1.29, 1.82) is 0 Å². The Balaban J connectivity index is 2.08. The molecule has 2 rings (SSSR count). The molecule has 0 amide bonds. The maximum atomic E-state index is 5.39. The van der Waals surface area contributed by atoms with Crippen LogP contribution in [0.1, 0.15) is 11.3 Å². The summed E-state index contributed by atoms with van der Waals surface area (Å²) in [5.74, 6) is 2.08. The zero-order chi connectivity index (χ0) is 15.1. The van der Waals surface area contributed by atoms with E-state index in [-0.39, 0.29) is 0 Å². The first kappa shape index (κ1) is 15.1. The molecule has 6 heteroatoms. The topological polar surface area (TPSA) is 65.5 Å². The van der Waals surface area contributed by atoms with Crippen molar-refractivity contribution in [2.75, 3.05) is 21.3 Å². The number of nitrogens with one attached hydrogen (secondary N) is 1. The van der Waals surface area contributed by atoms with E-state index in [0.717, 1.165) is 17.0 Å². The van der Waals surface area contributed by atoms with Crippen LogP contribution in [-0.2, 0) is 13.1 Å². The first-order valence-electron chi connectivity index (χ1n) is 6.53. The Kier molecular flexibility index (Phi) is 5.34. The Morgan fingerprint density at radius 2 is 1.67 bits per heavy atom. The summed E-state index contributed by atoms with van der Waals surface area (Å²) in [6, 6.07) is 5.60. The molecule has 0 aliphatic carbocycles. The van der Waals surface area contributed by atoms with Gasteiger partial charge in [0, 0.05) is 30.9 Å². The number of hydrogen-bond acceptors (Lipinski definition) is 6. The van der Waals surface area contributed by atoms with Gasteiger partial charge in [0.25, 0.3) is 0 Å². The summed E-state index contributed by atoms with van der Waals surface area (Å²) in [6.45, 7) is 1.29. The fourth-order valence-electron chi connectivity index (χ4n) is 1.98. The van der Waals surface area contributed by atoms with E-state index in [4.69, 9.17) is 14.2 Å². The fourth-order valence-corrected chi connectivity index (χ4v) is 1.98. The van der Waals surface area contributed by atoms with Crippen LogP contribution in [0.4, 0.5) is 0 Å². The molecule has 6 nitrogen and oxygen atoms in total. The highest BCUT2D eigenvalue weighted by atomic mass is 16.5. The third-order valence-electron chi connectivity index (χ3n) is 3.05. The zero-order valence-corrected chi connectivity index (χ0v) is 12.4. The molecule has 0 saturated carbocycles. The molecule has 1 N–H and O–H groups in total. The van der Waals surface area contributed by atoms with Gasteiger partial charge in [-0.05, 0) is 12.1 Å². The van der Waals surface area contributed by atoms with Gasteiger partial charge in [-0.3, -0.25) is 0 Å². The van der Waals surface area contributed by atoms with Crippen LogP contribution in [0.25, 0.3) is 0 Å². The fraction of sp³-hybridized carbons (Fsp3) is 0.333. The van der Waals surface area contributed by atoms with Crippen molar-refractivity contribution in [3.63, 3.8) is 0 Å². The van der Waals surface area contributed by atoms with Gasteiger partial charge in [-0.25, -0.2) is 9.97 Å². The van der Waals surface area contributed by atoms with Crippen LogP contribution in [0.3, 0.4) is 0 Å². The lowest BCUT2D eigenvalue weighted by atomic mass is 10.1. The Morgan fingerprint density at radius 3 is 2.29 bits per heavy atom. The molecule has 0 aliphatic rings. The van der Waals surface area contributed by atoms with Crippen molar-refractivity contribution >= 4 is 0 Å². The molecular formula is C15H19N3O3. The predicted octanol–water partition coefficient (Wildman–Crippen LogP) is 1.79. The summed E-state index contributed by atoms with van der Waals surface area (Å²) < 4.78 is 16.0. The molecule has 0 saturated heterocycles. The lowest BCUT2D eigenvalue weighted by molar-refractivity contribution is 0.347. The minimum absolute atomic E-state index is 0.632. The van der Waals surface area contributed by atoms with Gasteiger partial charge in [-0.15, -0.1) is 0 Å². The van der Waals surface area contributed by atoms with Crippen LogP contribution in [0.15, 0.2) is 30.7 Å². The van der Waals surface area contributed by atoms with Gasteiger partial charge in [0.1, 0.15) is 12.1 Å². The van der Waals surface area contributed by atoms with Gasteiger partial charge in [0.15, 0.2) is 11.5 Å². The lowest BCUT2D eigenvalue weighted by Gasteiger charge is -2.14. The van der Waals surface area contributed by atoms with Crippen LogP contribution >= 0.6 is 0 Å². The molecule has 1 aromatic carbocycles. The second-order valence-electron chi connectivity index (χ2n) is 4.32. The molecule has 0 atom stereocenters. The molecule has 0 bridgehead atoms. The summed E-state index contributed by atoms with van der Waals surface area (Å²) in [4.78, 5) is 8.06. The van der Waals surface area contributed by atoms with E-state index in [1.54, 1.807) is 27.5 Å². The molecule has 0 unspecified atom stereocenters. The third kappa shape index (κ3) is 3.82. The minimum Gasteiger partial charge on any atom is -0.496 e. The smallest absolute Gasteiger partial charge is 0.164 e. The standard InChI is InChI=1S/C15H19N3O3/c1-19-13-7-15(21-3)14(20-2)6-11(13)8-17-9-12-4-5-16-10-18-12/h4-7,10,17H,8-9H2,1-3H3. The number of aromatic nitrogens is 2. The van der Waals surface area contributed by atoms with Crippen molar-refractivity contribution < 1.29 is 14.2 Å². The summed E-state index contributed by atoms with van der Waals surface area (Å²) in [6.07, 6.45) is 3.26. The second kappa shape index (κ2) is 7.44. The minimum atomic E-state index is 0.632. The molecule has 0 spiro atoms. The Bertz CT molecular complexity index is 576. The summed E-state index contributed by atoms with van der Waals surface area (Å²) in [7, 11) is 4.85. The maximum Gasteiger partial charge on any atom is 0.164 e. The summed E-state index contributed by atoms with van der Waals surface area (Å²) in [5.41, 5.74) is 1.92. The Labute approximate surface area is 124 Å². The van der Waals surface area contributed by atoms with E-state index in [2.05, 4.69) is 15.3 Å². The number of benzene rings is 1.